The van der Waals surface area contributed by atoms with Gasteiger partial charge in [0.2, 0.25) is 5.88 Å². The second-order valence-corrected chi connectivity index (χ2v) is 33.2. The van der Waals surface area contributed by atoms with E-state index in [0.29, 0.717) is 38.8 Å². The van der Waals surface area contributed by atoms with E-state index in [0.717, 1.165) is 137 Å². The monoisotopic (exact) mass is 2230 g/mol. The molecular weight excluding hydrogens is 2190 g/mol. The van der Waals surface area contributed by atoms with Gasteiger partial charge in [-0.2, -0.15) is 43.8 Å². The molecule has 2 aliphatic heterocycles. The molecule has 0 spiro atoms. The molecule has 0 saturated carbocycles. The number of aliphatic carboxylic acids is 1. The Morgan fingerprint density at radius 2 is 0.896 bits per heavy atom. The molecule has 2 amide bonds. The maximum absolute atomic E-state index is 13.2. The van der Waals surface area contributed by atoms with Gasteiger partial charge in [-0.05, 0) is 172 Å². The normalized spacial score (nSPS) is 13.1. The summed E-state index contributed by atoms with van der Waals surface area (Å²) < 4.78 is 220. The summed E-state index contributed by atoms with van der Waals surface area (Å²) in [7, 11) is -29.1. The minimum atomic E-state index is -5.17. The third-order valence-corrected chi connectivity index (χ3v) is 22.1. The quantitative estimate of drug-likeness (QED) is 0.00418. The second kappa shape index (κ2) is 65.1. The first-order chi connectivity index (χ1) is 57.8. The van der Waals surface area contributed by atoms with E-state index in [4.69, 9.17) is 4.74 Å². The van der Waals surface area contributed by atoms with Gasteiger partial charge in [0, 0.05) is 9.79 Å². The summed E-state index contributed by atoms with van der Waals surface area (Å²) in [6.07, 6.45) is 9.63. The van der Waals surface area contributed by atoms with E-state index in [1.807, 2.05) is 0 Å². The molecule has 6 aromatic carbocycles. The van der Waals surface area contributed by atoms with E-state index < -0.39 is 172 Å². The number of hydrogen-bond donors (Lipinski definition) is 3. The van der Waals surface area contributed by atoms with E-state index in [1.165, 1.54) is 68.5 Å². The van der Waals surface area contributed by atoms with Crippen LogP contribution in [0.2, 0.25) is 0 Å². The average molecular weight is 2240 g/mol. The number of aromatic hydroxyl groups is 1. The molecule has 0 fully saturated rings. The molecule has 3 aromatic heterocycles. The van der Waals surface area contributed by atoms with Crippen LogP contribution in [-0.4, -0.2) is 154 Å². The number of carboxylic acids is 1. The molecule has 0 saturated heterocycles. The number of carbonyl (C=O) groups excluding carboxylic acids is 4. The number of carboxylic acid groups (broad SMARTS) is 1. The molecule has 11 rings (SSSR count). The van der Waals surface area contributed by atoms with Crippen molar-refractivity contribution in [1.82, 2.24) is 29.3 Å². The maximum Gasteiger partial charge on any atom is 1.00 e. The van der Waals surface area contributed by atoms with Gasteiger partial charge in [0.15, 0.2) is 11.4 Å². The predicted octanol–water partition coefficient (Wildman–Crippen LogP) is -34.0. The van der Waals surface area contributed by atoms with Gasteiger partial charge in [-0.15, -0.1) is 5.11 Å². The van der Waals surface area contributed by atoms with Crippen LogP contribution in [0.5, 0.6) is 5.88 Å². The van der Waals surface area contributed by atoms with Crippen molar-refractivity contribution in [1.29, 1.82) is 0 Å². The summed E-state index contributed by atoms with van der Waals surface area (Å²) in [5, 5.41) is 96.7. The molecule has 49 nitrogen and oxygen atoms in total. The van der Waals surface area contributed by atoms with Crippen molar-refractivity contribution < 1.29 is 661 Å². The van der Waals surface area contributed by atoms with Gasteiger partial charge >= 0.3 is 506 Å². The molecule has 0 bridgehead atoms. The van der Waals surface area contributed by atoms with Gasteiger partial charge < -0.3 is 77.9 Å². The topological polar surface area (TPSA) is 761 Å². The number of azo groups is 1. The molecular formula is C66H45K8N12Na3O37S8. The van der Waals surface area contributed by atoms with Crippen LogP contribution in [0.15, 0.2) is 250 Å². The minimum absolute atomic E-state index is 0. The molecule has 650 valence electrons. The number of benzene rings is 6. The van der Waals surface area contributed by atoms with Gasteiger partial charge in [-0.3, -0.25) is 39.5 Å². The minimum Gasteiger partial charge on any atom is -0.744 e. The summed E-state index contributed by atoms with van der Waals surface area (Å²) in [5.74, 6) is -5.47. The van der Waals surface area contributed by atoms with Crippen LogP contribution in [0, 0.1) is 0 Å². The first-order valence-electron chi connectivity index (χ1n) is 32.6. The Hall–Kier alpha value is 3.72. The van der Waals surface area contributed by atoms with Crippen molar-refractivity contribution in [3.05, 3.63) is 230 Å². The van der Waals surface area contributed by atoms with Crippen molar-refractivity contribution >= 4 is 155 Å². The molecule has 134 heavy (non-hydrogen) atoms. The van der Waals surface area contributed by atoms with Crippen LogP contribution in [0.1, 0.15) is 46.9 Å². The van der Waals surface area contributed by atoms with E-state index in [1.54, 1.807) is 0 Å². The zero-order valence-electron chi connectivity index (χ0n) is 71.8. The van der Waals surface area contributed by atoms with Gasteiger partial charge in [0.1, 0.15) is 66.4 Å². The zero-order chi connectivity index (χ0) is 90.4. The fourth-order valence-corrected chi connectivity index (χ4v) is 14.4. The van der Waals surface area contributed by atoms with Crippen molar-refractivity contribution in [2.75, 3.05) is 16.6 Å². The van der Waals surface area contributed by atoms with Gasteiger partial charge in [-0.1, -0.05) is 24.3 Å². The van der Waals surface area contributed by atoms with Crippen molar-refractivity contribution in [3.8, 4) is 22.9 Å². The zero-order valence-corrected chi connectivity index (χ0v) is 109. The van der Waals surface area contributed by atoms with Crippen LogP contribution < -0.4 is 547 Å². The van der Waals surface area contributed by atoms with Gasteiger partial charge in [0.05, 0.1) is 153 Å². The largest absolute Gasteiger partial charge is 1.00 e. The Bertz CT molecular complexity index is 6800. The number of carbonyl (C=O) groups is 4. The molecule has 0 atom stereocenters. The average Bonchev–Trinajstić information content (AvgIpc) is 1.57. The summed E-state index contributed by atoms with van der Waals surface area (Å²) in [6.45, 7) is 1.60. The summed E-state index contributed by atoms with van der Waals surface area (Å²) in [5.41, 5.74) is -4.72. The number of amides is 2. The summed E-state index contributed by atoms with van der Waals surface area (Å²) in [6, 6.07) is 23.1. The maximum atomic E-state index is 13.2. The number of nitrogens with zero attached hydrogens (tertiary/aromatic N) is 10. The van der Waals surface area contributed by atoms with E-state index in [9.17, 15) is 138 Å². The van der Waals surface area contributed by atoms with Crippen LogP contribution in [-0.2, 0) is 122 Å². The SMILES string of the molecule is CCOC(=O)c1nn(-c2cc(SOO[O-])ccc2S(=O)(=O)[O-])c(O)c1/C=C/C=C/C=C1/C(=O)N(c2cc(SOO[O-])ccc2S(=O)(=O)[O-])N=C1C.O=C([O-])C1=NN(c2ccc(S(=O)(=O)[O-])cc2)C(=O)C1=CC=Cc1c(CO[O-])[nH]n(-c2ccc(S(=O)(=O)[O-])cc2)c1=O.O=c1c(N=Nc2ccc(S(=O)(=O)[O-])cc2)c(CO[O-])[nH]n1-c1ccc(S(=O)(=O)[O-])cc1.[K+].[K+].[K+].[K+].[K+].[K+].[K+].[K+].[Na+].[Na+].[Na+]. The van der Waals surface area contributed by atoms with E-state index >= 15 is 0 Å². The number of aromatic nitrogens is 6. The molecule has 0 aliphatic carbocycles. The first-order valence-corrected chi connectivity index (χ1v) is 42.6. The van der Waals surface area contributed by atoms with Crippen molar-refractivity contribution in [3.63, 3.8) is 0 Å². The van der Waals surface area contributed by atoms with E-state index in [2.05, 4.69) is 64.2 Å². The Kier molecular flexibility index (Phi) is 68.9. The number of ether oxygens (including phenoxy) is 1. The first kappa shape index (κ1) is 142. The molecule has 3 N–H and O–H groups in total. The van der Waals surface area contributed by atoms with Gasteiger partial charge in [-0.25, -0.2) is 64.7 Å². The summed E-state index contributed by atoms with van der Waals surface area (Å²) >= 11 is 0.721. The number of nitrogens with one attached hydrogen (secondary N) is 2. The number of rotatable bonds is 31. The molecule has 2 aliphatic rings. The number of allylic oxidation sites excluding steroid dienone is 6. The Labute approximate surface area is 1170 Å². The molecule has 0 radical (unpaired) electrons. The molecule has 68 heteroatoms. The summed E-state index contributed by atoms with van der Waals surface area (Å²) in [4.78, 5) is 80.2. The fourth-order valence-electron chi connectivity index (χ4n) is 10.4. The van der Waals surface area contributed by atoms with Crippen molar-refractivity contribution in [2.24, 2.45) is 20.4 Å². The Balaban J connectivity index is -0.00000189. The van der Waals surface area contributed by atoms with E-state index in [-0.39, 0.29) is 578 Å². The number of hydrazone groups is 2. The number of anilines is 2. The van der Waals surface area contributed by atoms with Crippen molar-refractivity contribution in [2.45, 2.75) is 66.2 Å². The predicted molar refractivity (Wildman–Crippen MR) is 395 cm³/mol. The third-order valence-electron chi connectivity index (χ3n) is 15.8. The number of H-pyrrole nitrogens is 2. The fraction of sp³-hybridized carbons (Fsp3) is 0.0758. The van der Waals surface area contributed by atoms with Gasteiger partial charge in [0.25, 0.3) is 22.9 Å². The number of hydrogen-bond acceptors (Lipinski definition) is 44. The van der Waals surface area contributed by atoms with Crippen LogP contribution >= 0.6 is 24.1 Å². The standard InChI is InChI=1S/C27H24N4O16S4.C23H18N4O12S2.C16H14N4O9S2.8K.3Na/c1-3-43-27(34)24-19(26(33)31(29-24)21-14-17(49-47-45-36)10-12-23(21)51(40,41)42)8-6-4-5-7-18-15(2)28-30(25(18)32)20-13-16(48-46-44-35)9-11-22(20)50(37,38)39;28-21-17(19(12-39-32)24-26(21)13-4-8-15(9-5-13)40(33,34)35)2-1-3-18-20(23(30)31)25-27(22(18)29)14-6-10-16(11-7-14)41(36,37)38;21-16-15(18-17-10-1-5-12(6-2-10)30(23,24)25)14(9-29-22)19-20(16)11-3-7-13(8-4-11)31(26,27)28;;;;;;;;;;;/h4-14,33,35-36H,3H2,1-2H3,(H,37,38,39)(H,40,41,42);1-11,24,32H,12H2,(H,30,31)(H,33,34,35)(H,36,37,38);1-8,19,22H,9H2,(H,23,24,25)(H,26,27,28);;;;;;;;;;;/q;;;11*+1/p-11/b5-4+,8-6+,18-7+;;;;;;;;;;;;;. The molecule has 9 aromatic rings. The Morgan fingerprint density at radius 1 is 0.485 bits per heavy atom. The van der Waals surface area contributed by atoms with Crippen LogP contribution in [0.3, 0.4) is 0 Å². The number of esters is 1. The Morgan fingerprint density at radius 3 is 1.34 bits per heavy atom. The molecule has 0 unspecified atom stereocenters. The smallest absolute Gasteiger partial charge is 0.744 e. The van der Waals surface area contributed by atoms with Crippen LogP contribution in [0.4, 0.5) is 22.7 Å². The third kappa shape index (κ3) is 39.5. The number of aromatic amines is 2. The molecule has 5 heterocycles. The van der Waals surface area contributed by atoms with Crippen LogP contribution in [0.25, 0.3) is 29.2 Å². The second-order valence-electron chi connectivity index (χ2n) is 23.5.